The molecule has 0 saturated carbocycles. The molecule has 1 aromatic rings. The van der Waals surface area contributed by atoms with Gasteiger partial charge in [-0.3, -0.25) is 0 Å². The number of ether oxygens (including phenoxy) is 2. The van der Waals surface area contributed by atoms with Crippen molar-refractivity contribution in [3.63, 3.8) is 0 Å². The van der Waals surface area contributed by atoms with E-state index in [4.69, 9.17) is 20.5 Å². The standard InChI is InChI=1S/C10H10N2O2/c1-13-7-2-6(4-11)10-8(12)5-14-9(10)3-7/h2-3,8H,5,12H2,1H3/t8-/m0/s1. The van der Waals surface area contributed by atoms with E-state index in [1.807, 2.05) is 0 Å². The van der Waals surface area contributed by atoms with Gasteiger partial charge in [0, 0.05) is 11.6 Å². The Kier molecular flexibility index (Phi) is 2.02. The normalized spacial score (nSPS) is 18.2. The minimum absolute atomic E-state index is 0.203. The predicted molar refractivity (Wildman–Crippen MR) is 50.1 cm³/mol. The van der Waals surface area contributed by atoms with Crippen LogP contribution in [0.5, 0.6) is 11.5 Å². The lowest BCUT2D eigenvalue weighted by Gasteiger charge is -2.06. The third-order valence-electron chi connectivity index (χ3n) is 2.26. The molecule has 0 fully saturated rings. The van der Waals surface area contributed by atoms with Gasteiger partial charge >= 0.3 is 0 Å². The van der Waals surface area contributed by atoms with Crippen LogP contribution in [0, 0.1) is 11.3 Å². The van der Waals surface area contributed by atoms with Crippen LogP contribution in [0.3, 0.4) is 0 Å². The Hall–Kier alpha value is -1.73. The van der Waals surface area contributed by atoms with Gasteiger partial charge in [-0.05, 0) is 6.07 Å². The van der Waals surface area contributed by atoms with Crippen molar-refractivity contribution in [2.45, 2.75) is 6.04 Å². The average Bonchev–Trinajstić information content (AvgIpc) is 2.59. The number of hydrogen-bond acceptors (Lipinski definition) is 4. The van der Waals surface area contributed by atoms with E-state index in [-0.39, 0.29) is 6.04 Å². The summed E-state index contributed by atoms with van der Waals surface area (Å²) in [6, 6.07) is 5.32. The molecule has 1 atom stereocenters. The molecule has 2 rings (SSSR count). The average molecular weight is 190 g/mol. The van der Waals surface area contributed by atoms with Crippen molar-refractivity contribution < 1.29 is 9.47 Å². The molecule has 14 heavy (non-hydrogen) atoms. The highest BCUT2D eigenvalue weighted by Gasteiger charge is 2.25. The fourth-order valence-corrected chi connectivity index (χ4v) is 1.58. The SMILES string of the molecule is COc1cc(C#N)c2c(c1)OC[C@@H]2N. The second kappa shape index (κ2) is 3.20. The van der Waals surface area contributed by atoms with Gasteiger partial charge in [0.15, 0.2) is 0 Å². The van der Waals surface area contributed by atoms with Gasteiger partial charge in [-0.15, -0.1) is 0 Å². The monoisotopic (exact) mass is 190 g/mol. The molecule has 1 aromatic carbocycles. The molecule has 0 radical (unpaired) electrons. The van der Waals surface area contributed by atoms with Crippen molar-refractivity contribution in [3.8, 4) is 17.6 Å². The molecule has 0 amide bonds. The maximum Gasteiger partial charge on any atom is 0.129 e. The van der Waals surface area contributed by atoms with Crippen LogP contribution in [0.15, 0.2) is 12.1 Å². The Balaban J connectivity index is 2.60. The first-order valence-corrected chi connectivity index (χ1v) is 4.26. The Morgan fingerprint density at radius 3 is 3.07 bits per heavy atom. The van der Waals surface area contributed by atoms with Gasteiger partial charge in [0.25, 0.3) is 0 Å². The first kappa shape index (κ1) is 8.85. The van der Waals surface area contributed by atoms with Gasteiger partial charge in [0.1, 0.15) is 18.1 Å². The van der Waals surface area contributed by atoms with E-state index in [1.165, 1.54) is 0 Å². The van der Waals surface area contributed by atoms with Gasteiger partial charge in [0.2, 0.25) is 0 Å². The van der Waals surface area contributed by atoms with E-state index in [1.54, 1.807) is 19.2 Å². The van der Waals surface area contributed by atoms with Gasteiger partial charge in [-0.25, -0.2) is 0 Å². The van der Waals surface area contributed by atoms with Crippen molar-refractivity contribution in [2.75, 3.05) is 13.7 Å². The second-order valence-electron chi connectivity index (χ2n) is 3.12. The minimum atomic E-state index is -0.203. The lowest BCUT2D eigenvalue weighted by Crippen LogP contribution is -2.11. The van der Waals surface area contributed by atoms with E-state index in [0.717, 1.165) is 5.56 Å². The van der Waals surface area contributed by atoms with E-state index in [2.05, 4.69) is 6.07 Å². The maximum atomic E-state index is 8.92. The highest BCUT2D eigenvalue weighted by atomic mass is 16.5. The van der Waals surface area contributed by atoms with Crippen molar-refractivity contribution in [2.24, 2.45) is 5.73 Å². The number of fused-ring (bicyclic) bond motifs is 1. The van der Waals surface area contributed by atoms with Crippen molar-refractivity contribution in [1.29, 1.82) is 5.26 Å². The van der Waals surface area contributed by atoms with E-state index >= 15 is 0 Å². The van der Waals surface area contributed by atoms with E-state index < -0.39 is 0 Å². The number of nitrogens with two attached hydrogens (primary N) is 1. The molecule has 0 unspecified atom stereocenters. The lowest BCUT2D eigenvalue weighted by molar-refractivity contribution is 0.331. The quantitative estimate of drug-likeness (QED) is 0.716. The largest absolute Gasteiger partial charge is 0.497 e. The molecule has 2 N–H and O–H groups in total. The molecule has 0 spiro atoms. The molecule has 1 aliphatic rings. The molecule has 1 heterocycles. The molecule has 4 nitrogen and oxygen atoms in total. The third-order valence-corrected chi connectivity index (χ3v) is 2.26. The van der Waals surface area contributed by atoms with Crippen molar-refractivity contribution >= 4 is 0 Å². The summed E-state index contributed by atoms with van der Waals surface area (Å²) < 4.78 is 10.4. The summed E-state index contributed by atoms with van der Waals surface area (Å²) in [7, 11) is 1.55. The van der Waals surface area contributed by atoms with Gasteiger partial charge < -0.3 is 15.2 Å². The third kappa shape index (κ3) is 1.19. The van der Waals surface area contributed by atoms with Gasteiger partial charge in [0.05, 0.1) is 24.8 Å². The number of nitrogens with zero attached hydrogens (tertiary/aromatic N) is 1. The molecule has 72 valence electrons. The van der Waals surface area contributed by atoms with Crippen LogP contribution in [-0.4, -0.2) is 13.7 Å². The minimum Gasteiger partial charge on any atom is -0.497 e. The van der Waals surface area contributed by atoms with Crippen LogP contribution in [0.4, 0.5) is 0 Å². The number of rotatable bonds is 1. The summed E-state index contributed by atoms with van der Waals surface area (Å²) in [5, 5.41) is 8.92. The Morgan fingerprint density at radius 2 is 2.43 bits per heavy atom. The zero-order valence-corrected chi connectivity index (χ0v) is 7.78. The highest BCUT2D eigenvalue weighted by Crippen LogP contribution is 2.36. The molecule has 0 bridgehead atoms. The zero-order valence-electron chi connectivity index (χ0n) is 7.78. The van der Waals surface area contributed by atoms with Gasteiger partial charge in [-0.1, -0.05) is 0 Å². The summed E-state index contributed by atoms with van der Waals surface area (Å²) in [5.74, 6) is 1.28. The first-order valence-electron chi connectivity index (χ1n) is 4.26. The molecular weight excluding hydrogens is 180 g/mol. The fraction of sp³-hybridized carbons (Fsp3) is 0.300. The first-order chi connectivity index (χ1) is 6.76. The smallest absolute Gasteiger partial charge is 0.129 e. The van der Waals surface area contributed by atoms with Gasteiger partial charge in [-0.2, -0.15) is 5.26 Å². The number of benzene rings is 1. The second-order valence-corrected chi connectivity index (χ2v) is 3.12. The van der Waals surface area contributed by atoms with Crippen LogP contribution in [0.2, 0.25) is 0 Å². The number of nitriles is 1. The number of methoxy groups -OCH3 is 1. The molecule has 1 aliphatic heterocycles. The zero-order chi connectivity index (χ0) is 10.1. The maximum absolute atomic E-state index is 8.92. The number of hydrogen-bond donors (Lipinski definition) is 1. The summed E-state index contributed by atoms with van der Waals surface area (Å²) in [4.78, 5) is 0. The summed E-state index contributed by atoms with van der Waals surface area (Å²) in [5.41, 5.74) is 7.11. The fourth-order valence-electron chi connectivity index (χ4n) is 1.58. The topological polar surface area (TPSA) is 68.3 Å². The molecular formula is C10H10N2O2. The lowest BCUT2D eigenvalue weighted by atomic mass is 10.0. The van der Waals surface area contributed by atoms with Crippen LogP contribution in [0.1, 0.15) is 17.2 Å². The summed E-state index contributed by atoms with van der Waals surface area (Å²) >= 11 is 0. The Morgan fingerprint density at radius 1 is 1.64 bits per heavy atom. The molecule has 0 aromatic heterocycles. The van der Waals surface area contributed by atoms with Crippen molar-refractivity contribution in [3.05, 3.63) is 23.3 Å². The van der Waals surface area contributed by atoms with Crippen LogP contribution in [-0.2, 0) is 0 Å². The van der Waals surface area contributed by atoms with Crippen LogP contribution >= 0.6 is 0 Å². The van der Waals surface area contributed by atoms with Crippen molar-refractivity contribution in [1.82, 2.24) is 0 Å². The molecule has 4 heteroatoms. The van der Waals surface area contributed by atoms with Crippen LogP contribution in [0.25, 0.3) is 0 Å². The molecule has 0 aliphatic carbocycles. The Labute approximate surface area is 81.8 Å². The highest BCUT2D eigenvalue weighted by molar-refractivity contribution is 5.55. The van der Waals surface area contributed by atoms with E-state index in [0.29, 0.717) is 23.7 Å². The predicted octanol–water partition coefficient (Wildman–Crippen LogP) is 0.959. The molecule has 0 saturated heterocycles. The summed E-state index contributed by atoms with van der Waals surface area (Å²) in [6.45, 7) is 0.428. The van der Waals surface area contributed by atoms with Crippen LogP contribution < -0.4 is 15.2 Å². The Bertz CT molecular complexity index is 409. The summed E-state index contributed by atoms with van der Waals surface area (Å²) in [6.07, 6.45) is 0. The van der Waals surface area contributed by atoms with E-state index in [9.17, 15) is 0 Å².